The second-order valence-corrected chi connectivity index (χ2v) is 5.80. The van der Waals surface area contributed by atoms with E-state index in [1.807, 2.05) is 6.07 Å². The van der Waals surface area contributed by atoms with E-state index in [9.17, 15) is 18.0 Å². The van der Waals surface area contributed by atoms with E-state index in [-0.39, 0.29) is 29.9 Å². The molecule has 0 aliphatic carbocycles. The third-order valence-electron chi connectivity index (χ3n) is 3.94. The van der Waals surface area contributed by atoms with E-state index < -0.39 is 17.8 Å². The average Bonchev–Trinajstić information content (AvgIpc) is 3.10. The highest BCUT2D eigenvalue weighted by atomic mass is 19.4. The number of carbonyl (C=O) groups excluding carboxylic acids is 1. The summed E-state index contributed by atoms with van der Waals surface area (Å²) in [5.41, 5.74) is -0.462. The SMILES string of the molecule is N#Cc1nccnc1OC1CCN(C(=O)Nc2ccc(C(F)(F)F)cc2)C1. The molecule has 2 amide bonds. The van der Waals surface area contributed by atoms with E-state index in [2.05, 4.69) is 15.3 Å². The number of urea groups is 1. The largest absolute Gasteiger partial charge is 0.470 e. The molecule has 0 bridgehead atoms. The summed E-state index contributed by atoms with van der Waals surface area (Å²) < 4.78 is 43.3. The first-order valence-electron chi connectivity index (χ1n) is 7.98. The van der Waals surface area contributed by atoms with E-state index in [1.165, 1.54) is 29.4 Å². The minimum Gasteiger partial charge on any atom is -0.470 e. The molecule has 1 N–H and O–H groups in total. The molecular weight excluding hydrogens is 363 g/mol. The Bertz CT molecular complexity index is 864. The third kappa shape index (κ3) is 4.44. The molecule has 0 radical (unpaired) electrons. The molecule has 10 heteroatoms. The van der Waals surface area contributed by atoms with Crippen LogP contribution in [0.1, 0.15) is 17.7 Å². The Balaban J connectivity index is 1.57. The van der Waals surface area contributed by atoms with Gasteiger partial charge in [-0.2, -0.15) is 18.4 Å². The maximum atomic E-state index is 12.6. The van der Waals surface area contributed by atoms with Crippen LogP contribution in [0.2, 0.25) is 0 Å². The van der Waals surface area contributed by atoms with Gasteiger partial charge in [-0.25, -0.2) is 14.8 Å². The van der Waals surface area contributed by atoms with Crippen LogP contribution in [0.15, 0.2) is 36.7 Å². The molecule has 1 aliphatic rings. The number of halogens is 3. The molecule has 1 atom stereocenters. The number of amides is 2. The van der Waals surface area contributed by atoms with Crippen LogP contribution < -0.4 is 10.1 Å². The summed E-state index contributed by atoms with van der Waals surface area (Å²) in [6, 6.07) is 5.64. The lowest BCUT2D eigenvalue weighted by atomic mass is 10.2. The van der Waals surface area contributed by atoms with Gasteiger partial charge in [0.05, 0.1) is 12.1 Å². The fourth-order valence-electron chi connectivity index (χ4n) is 2.60. The number of hydrogen-bond donors (Lipinski definition) is 1. The van der Waals surface area contributed by atoms with Gasteiger partial charge in [-0.15, -0.1) is 0 Å². The molecule has 3 rings (SSSR count). The van der Waals surface area contributed by atoms with Crippen molar-refractivity contribution in [1.29, 1.82) is 5.26 Å². The first kappa shape index (κ1) is 18.4. The van der Waals surface area contributed by atoms with Crippen molar-refractivity contribution in [3.05, 3.63) is 47.9 Å². The maximum absolute atomic E-state index is 12.6. The van der Waals surface area contributed by atoms with Crippen LogP contribution in [0, 0.1) is 11.3 Å². The number of rotatable bonds is 3. The number of carbonyl (C=O) groups is 1. The molecule has 1 aromatic carbocycles. The third-order valence-corrected chi connectivity index (χ3v) is 3.94. The van der Waals surface area contributed by atoms with Gasteiger partial charge in [-0.3, -0.25) is 0 Å². The summed E-state index contributed by atoms with van der Waals surface area (Å²) in [5, 5.41) is 11.5. The van der Waals surface area contributed by atoms with Gasteiger partial charge in [-0.1, -0.05) is 0 Å². The molecule has 2 aromatic rings. The molecule has 2 heterocycles. The van der Waals surface area contributed by atoms with E-state index in [4.69, 9.17) is 10.00 Å². The minimum atomic E-state index is -4.43. The van der Waals surface area contributed by atoms with Crippen molar-refractivity contribution < 1.29 is 22.7 Å². The standard InChI is InChI=1S/C17H14F3N5O2/c18-17(19,20)11-1-3-12(4-2-11)24-16(26)25-8-5-13(10-25)27-15-14(9-21)22-6-7-23-15/h1-4,6-7,13H,5,8,10H2,(H,24,26). The van der Waals surface area contributed by atoms with Crippen LogP contribution in [-0.2, 0) is 6.18 Å². The van der Waals surface area contributed by atoms with Crippen molar-refractivity contribution in [2.45, 2.75) is 18.7 Å². The van der Waals surface area contributed by atoms with Crippen molar-refractivity contribution >= 4 is 11.7 Å². The highest BCUT2D eigenvalue weighted by Crippen LogP contribution is 2.30. The fourth-order valence-corrected chi connectivity index (χ4v) is 2.60. The van der Waals surface area contributed by atoms with Gasteiger partial charge in [0.2, 0.25) is 5.69 Å². The lowest BCUT2D eigenvalue weighted by Gasteiger charge is -2.18. The van der Waals surface area contributed by atoms with Gasteiger partial charge in [0.1, 0.15) is 12.2 Å². The molecule has 1 saturated heterocycles. The number of nitriles is 1. The smallest absolute Gasteiger partial charge is 0.416 e. The van der Waals surface area contributed by atoms with Crippen LogP contribution in [0.3, 0.4) is 0 Å². The lowest BCUT2D eigenvalue weighted by Crippen LogP contribution is -2.34. The number of alkyl halides is 3. The van der Waals surface area contributed by atoms with Crippen LogP contribution in [0.5, 0.6) is 5.88 Å². The Kier molecular flexibility index (Phi) is 5.12. The highest BCUT2D eigenvalue weighted by Gasteiger charge is 2.31. The Hall–Kier alpha value is -3.35. The molecule has 27 heavy (non-hydrogen) atoms. The number of anilines is 1. The van der Waals surface area contributed by atoms with E-state index in [1.54, 1.807) is 0 Å². The first-order valence-corrected chi connectivity index (χ1v) is 7.98. The van der Waals surface area contributed by atoms with Crippen LogP contribution in [0.4, 0.5) is 23.7 Å². The lowest BCUT2D eigenvalue weighted by molar-refractivity contribution is -0.137. The normalized spacial score (nSPS) is 16.7. The zero-order valence-electron chi connectivity index (χ0n) is 13.9. The summed E-state index contributed by atoms with van der Waals surface area (Å²) in [6.45, 7) is 0.660. The van der Waals surface area contributed by atoms with Crippen molar-refractivity contribution in [3.8, 4) is 11.9 Å². The fraction of sp³-hybridized carbons (Fsp3) is 0.294. The minimum absolute atomic E-state index is 0.0603. The van der Waals surface area contributed by atoms with Gasteiger partial charge < -0.3 is 15.0 Å². The quantitative estimate of drug-likeness (QED) is 0.888. The summed E-state index contributed by atoms with van der Waals surface area (Å²) >= 11 is 0. The topological polar surface area (TPSA) is 91.1 Å². The number of hydrogen-bond acceptors (Lipinski definition) is 5. The van der Waals surface area contributed by atoms with Crippen molar-refractivity contribution in [2.75, 3.05) is 18.4 Å². The molecular formula is C17H14F3N5O2. The van der Waals surface area contributed by atoms with E-state index in [0.29, 0.717) is 13.0 Å². The Morgan fingerprint density at radius 1 is 1.26 bits per heavy atom. The van der Waals surface area contributed by atoms with E-state index in [0.717, 1.165) is 12.1 Å². The molecule has 140 valence electrons. The number of nitrogens with zero attached hydrogens (tertiary/aromatic N) is 4. The molecule has 1 aromatic heterocycles. The van der Waals surface area contributed by atoms with Gasteiger partial charge in [0.25, 0.3) is 5.88 Å². The van der Waals surface area contributed by atoms with Crippen molar-refractivity contribution in [1.82, 2.24) is 14.9 Å². The number of likely N-dealkylation sites (tertiary alicyclic amines) is 1. The monoisotopic (exact) mass is 377 g/mol. The number of aromatic nitrogens is 2. The molecule has 7 nitrogen and oxygen atoms in total. The van der Waals surface area contributed by atoms with Crippen molar-refractivity contribution in [3.63, 3.8) is 0 Å². The summed E-state index contributed by atoms with van der Waals surface area (Å²) in [6.07, 6.45) is -1.47. The maximum Gasteiger partial charge on any atom is 0.416 e. The van der Waals surface area contributed by atoms with Gasteiger partial charge in [0, 0.05) is 31.0 Å². The second-order valence-electron chi connectivity index (χ2n) is 5.80. The molecule has 1 fully saturated rings. The first-order chi connectivity index (χ1) is 12.9. The summed E-state index contributed by atoms with van der Waals surface area (Å²) in [5.74, 6) is 0.106. The molecule has 1 aliphatic heterocycles. The summed E-state index contributed by atoms with van der Waals surface area (Å²) in [7, 11) is 0. The zero-order valence-corrected chi connectivity index (χ0v) is 13.9. The number of ether oxygens (including phenoxy) is 1. The van der Waals surface area contributed by atoms with Crippen LogP contribution in [-0.4, -0.2) is 40.1 Å². The van der Waals surface area contributed by atoms with Gasteiger partial charge in [-0.05, 0) is 24.3 Å². The van der Waals surface area contributed by atoms with Crippen LogP contribution >= 0.6 is 0 Å². The van der Waals surface area contributed by atoms with Gasteiger partial charge >= 0.3 is 12.2 Å². The second kappa shape index (κ2) is 7.49. The zero-order chi connectivity index (χ0) is 19.4. The Morgan fingerprint density at radius 2 is 1.96 bits per heavy atom. The van der Waals surface area contributed by atoms with Crippen LogP contribution in [0.25, 0.3) is 0 Å². The van der Waals surface area contributed by atoms with Gasteiger partial charge in [0.15, 0.2) is 0 Å². The molecule has 0 saturated carbocycles. The molecule has 0 spiro atoms. The Labute approximate surface area is 152 Å². The predicted molar refractivity (Wildman–Crippen MR) is 87.8 cm³/mol. The number of nitrogens with one attached hydrogen (secondary N) is 1. The number of benzene rings is 1. The van der Waals surface area contributed by atoms with E-state index >= 15 is 0 Å². The highest BCUT2D eigenvalue weighted by molar-refractivity contribution is 5.89. The van der Waals surface area contributed by atoms with Crippen molar-refractivity contribution in [2.24, 2.45) is 0 Å². The predicted octanol–water partition coefficient (Wildman–Crippen LogP) is 3.05. The molecule has 1 unspecified atom stereocenters. The Morgan fingerprint density at radius 3 is 2.63 bits per heavy atom. The average molecular weight is 377 g/mol. The summed E-state index contributed by atoms with van der Waals surface area (Å²) in [4.78, 5) is 21.6.